The lowest BCUT2D eigenvalue weighted by molar-refractivity contribution is 0.0690. The molecule has 6 heteroatoms. The first-order chi connectivity index (χ1) is 9.70. The predicted molar refractivity (Wildman–Crippen MR) is 71.9 cm³/mol. The standard InChI is InChI=1S/C14H15N3O3/c1-2-10-5-4-9(8-15-10)12-11(14(18)19)13-17(16-12)6-3-7-20-13/h4-5,8H,2-3,6-7H2,1H3,(H,18,19). The van der Waals surface area contributed by atoms with Gasteiger partial charge in [0, 0.05) is 30.4 Å². The Labute approximate surface area is 116 Å². The Hall–Kier alpha value is -2.37. The van der Waals surface area contributed by atoms with Gasteiger partial charge in [-0.15, -0.1) is 0 Å². The monoisotopic (exact) mass is 273 g/mol. The van der Waals surface area contributed by atoms with Crippen molar-refractivity contribution in [3.8, 4) is 17.1 Å². The summed E-state index contributed by atoms with van der Waals surface area (Å²) in [7, 11) is 0. The molecule has 0 saturated heterocycles. The molecule has 20 heavy (non-hydrogen) atoms. The van der Waals surface area contributed by atoms with Crippen molar-refractivity contribution in [2.45, 2.75) is 26.3 Å². The highest BCUT2D eigenvalue weighted by atomic mass is 16.5. The lowest BCUT2D eigenvalue weighted by atomic mass is 10.1. The molecule has 0 amide bonds. The van der Waals surface area contributed by atoms with E-state index in [9.17, 15) is 9.90 Å². The number of carbonyl (C=O) groups is 1. The summed E-state index contributed by atoms with van der Waals surface area (Å²) in [6.07, 6.45) is 3.34. The second-order valence-electron chi connectivity index (χ2n) is 4.65. The van der Waals surface area contributed by atoms with Gasteiger partial charge in [0.25, 0.3) is 0 Å². The van der Waals surface area contributed by atoms with Crippen LogP contribution in [0.3, 0.4) is 0 Å². The number of aromatic carboxylic acids is 1. The fraction of sp³-hybridized carbons (Fsp3) is 0.357. The predicted octanol–water partition coefficient (Wildman–Crippen LogP) is 1.99. The first kappa shape index (κ1) is 12.7. The lowest BCUT2D eigenvalue weighted by Gasteiger charge is -2.14. The SMILES string of the molecule is CCc1ccc(-c2nn3c(c2C(=O)O)OCCC3)cn1. The van der Waals surface area contributed by atoms with E-state index in [0.29, 0.717) is 30.3 Å². The highest BCUT2D eigenvalue weighted by molar-refractivity contribution is 5.97. The molecule has 2 aromatic heterocycles. The van der Waals surface area contributed by atoms with Crippen molar-refractivity contribution >= 4 is 5.97 Å². The van der Waals surface area contributed by atoms with Gasteiger partial charge in [-0.3, -0.25) is 4.98 Å². The Morgan fingerprint density at radius 3 is 3.00 bits per heavy atom. The normalized spacial score (nSPS) is 13.7. The number of nitrogens with zero attached hydrogens (tertiary/aromatic N) is 3. The van der Waals surface area contributed by atoms with Crippen molar-refractivity contribution in [2.75, 3.05) is 6.61 Å². The lowest BCUT2D eigenvalue weighted by Crippen LogP contribution is -2.16. The minimum absolute atomic E-state index is 0.121. The molecule has 0 atom stereocenters. The van der Waals surface area contributed by atoms with Gasteiger partial charge in [0.1, 0.15) is 11.3 Å². The molecule has 0 aliphatic carbocycles. The van der Waals surface area contributed by atoms with E-state index in [1.807, 2.05) is 19.1 Å². The molecule has 0 radical (unpaired) electrons. The molecule has 2 aromatic rings. The van der Waals surface area contributed by atoms with Gasteiger partial charge in [0.2, 0.25) is 5.88 Å². The summed E-state index contributed by atoms with van der Waals surface area (Å²) < 4.78 is 7.08. The maximum Gasteiger partial charge on any atom is 0.343 e. The van der Waals surface area contributed by atoms with Crippen LogP contribution in [0, 0.1) is 0 Å². The summed E-state index contributed by atoms with van der Waals surface area (Å²) in [6, 6.07) is 3.74. The molecular formula is C14H15N3O3. The Morgan fingerprint density at radius 2 is 2.35 bits per heavy atom. The molecule has 1 aliphatic rings. The molecule has 0 unspecified atom stereocenters. The van der Waals surface area contributed by atoms with Crippen LogP contribution in [-0.2, 0) is 13.0 Å². The Bertz CT molecular complexity index is 646. The summed E-state index contributed by atoms with van der Waals surface area (Å²) in [5.74, 6) is -0.680. The van der Waals surface area contributed by atoms with Crippen LogP contribution in [0.5, 0.6) is 5.88 Å². The largest absolute Gasteiger partial charge is 0.477 e. The fourth-order valence-corrected chi connectivity index (χ4v) is 2.30. The van der Waals surface area contributed by atoms with Crippen molar-refractivity contribution < 1.29 is 14.6 Å². The van der Waals surface area contributed by atoms with E-state index < -0.39 is 5.97 Å². The summed E-state index contributed by atoms with van der Waals surface area (Å²) in [4.78, 5) is 15.8. The average molecular weight is 273 g/mol. The number of aryl methyl sites for hydroxylation is 2. The smallest absolute Gasteiger partial charge is 0.343 e. The first-order valence-corrected chi connectivity index (χ1v) is 6.63. The van der Waals surface area contributed by atoms with Crippen molar-refractivity contribution in [3.05, 3.63) is 29.6 Å². The molecule has 6 nitrogen and oxygen atoms in total. The van der Waals surface area contributed by atoms with Gasteiger partial charge in [-0.25, -0.2) is 9.48 Å². The number of ether oxygens (including phenoxy) is 1. The van der Waals surface area contributed by atoms with Crippen molar-refractivity contribution in [1.82, 2.24) is 14.8 Å². The van der Waals surface area contributed by atoms with Crippen molar-refractivity contribution in [2.24, 2.45) is 0 Å². The van der Waals surface area contributed by atoms with Crippen molar-refractivity contribution in [1.29, 1.82) is 0 Å². The number of fused-ring (bicyclic) bond motifs is 1. The molecule has 0 bridgehead atoms. The third-order valence-electron chi connectivity index (χ3n) is 3.33. The maximum absolute atomic E-state index is 11.5. The molecule has 0 fully saturated rings. The maximum atomic E-state index is 11.5. The number of hydrogen-bond donors (Lipinski definition) is 1. The zero-order chi connectivity index (χ0) is 14.1. The molecule has 104 valence electrons. The highest BCUT2D eigenvalue weighted by Crippen LogP contribution is 2.32. The topological polar surface area (TPSA) is 77.2 Å². The summed E-state index contributed by atoms with van der Waals surface area (Å²) in [5.41, 5.74) is 2.20. The van der Waals surface area contributed by atoms with Crippen LogP contribution in [0.2, 0.25) is 0 Å². The van der Waals surface area contributed by atoms with E-state index in [-0.39, 0.29) is 5.56 Å². The van der Waals surface area contributed by atoms with Gasteiger partial charge in [-0.05, 0) is 18.6 Å². The Morgan fingerprint density at radius 1 is 1.50 bits per heavy atom. The van der Waals surface area contributed by atoms with Crippen LogP contribution < -0.4 is 4.74 Å². The quantitative estimate of drug-likeness (QED) is 0.925. The summed E-state index contributed by atoms with van der Waals surface area (Å²) in [5, 5.41) is 13.8. The van der Waals surface area contributed by atoms with Gasteiger partial charge < -0.3 is 9.84 Å². The van der Waals surface area contributed by atoms with Gasteiger partial charge in [-0.1, -0.05) is 6.92 Å². The first-order valence-electron chi connectivity index (χ1n) is 6.63. The zero-order valence-electron chi connectivity index (χ0n) is 11.2. The minimum atomic E-state index is -1.03. The number of rotatable bonds is 3. The van der Waals surface area contributed by atoms with Gasteiger partial charge in [-0.2, -0.15) is 5.10 Å². The molecule has 0 spiro atoms. The molecule has 1 N–H and O–H groups in total. The van der Waals surface area contributed by atoms with E-state index in [2.05, 4.69) is 10.1 Å². The van der Waals surface area contributed by atoms with Crippen LogP contribution in [-0.4, -0.2) is 32.4 Å². The minimum Gasteiger partial charge on any atom is -0.477 e. The van der Waals surface area contributed by atoms with E-state index in [1.54, 1.807) is 10.9 Å². The van der Waals surface area contributed by atoms with E-state index in [0.717, 1.165) is 18.5 Å². The fourth-order valence-electron chi connectivity index (χ4n) is 2.30. The third-order valence-corrected chi connectivity index (χ3v) is 3.33. The van der Waals surface area contributed by atoms with E-state index in [4.69, 9.17) is 4.74 Å². The van der Waals surface area contributed by atoms with Gasteiger partial charge >= 0.3 is 5.97 Å². The second-order valence-corrected chi connectivity index (χ2v) is 4.65. The van der Waals surface area contributed by atoms with Crippen LogP contribution in [0.25, 0.3) is 11.3 Å². The highest BCUT2D eigenvalue weighted by Gasteiger charge is 2.27. The summed E-state index contributed by atoms with van der Waals surface area (Å²) in [6.45, 7) is 3.22. The van der Waals surface area contributed by atoms with Crippen LogP contribution in [0.4, 0.5) is 0 Å². The number of hydrogen-bond acceptors (Lipinski definition) is 4. The molecule has 1 aliphatic heterocycles. The Kier molecular flexibility index (Phi) is 3.14. The molecule has 0 saturated carbocycles. The molecule has 0 aromatic carbocycles. The van der Waals surface area contributed by atoms with Gasteiger partial charge in [0.05, 0.1) is 6.61 Å². The Balaban J connectivity index is 2.12. The number of carboxylic acid groups (broad SMARTS) is 1. The van der Waals surface area contributed by atoms with Crippen LogP contribution in [0.1, 0.15) is 29.4 Å². The number of aromatic nitrogens is 3. The van der Waals surface area contributed by atoms with E-state index >= 15 is 0 Å². The van der Waals surface area contributed by atoms with E-state index in [1.165, 1.54) is 0 Å². The summed E-state index contributed by atoms with van der Waals surface area (Å²) >= 11 is 0. The van der Waals surface area contributed by atoms with Gasteiger partial charge in [0.15, 0.2) is 0 Å². The zero-order valence-corrected chi connectivity index (χ0v) is 11.2. The second kappa shape index (κ2) is 4.96. The molecule has 3 rings (SSSR count). The molecule has 3 heterocycles. The van der Waals surface area contributed by atoms with Crippen LogP contribution in [0.15, 0.2) is 18.3 Å². The number of pyridine rings is 1. The van der Waals surface area contributed by atoms with Crippen molar-refractivity contribution in [3.63, 3.8) is 0 Å². The average Bonchev–Trinajstić information content (AvgIpc) is 2.86. The van der Waals surface area contributed by atoms with Crippen LogP contribution >= 0.6 is 0 Å². The third kappa shape index (κ3) is 2.03. The molecular weight excluding hydrogens is 258 g/mol. The number of carboxylic acids is 1.